The number of aryl methyl sites for hydroxylation is 1. The standard InChI is InChI=1S/C21H26N6O/c28-21(25-17-6-2-1-3-7-17)24-12-5-15-27-19(16-9-13-22-14-10-16)26-18-8-4-11-23-20(18)27/h4,8-11,13-14,17H,1-3,5-7,12,15H2,(H2,24,25,28). The van der Waals surface area contributed by atoms with Crippen molar-refractivity contribution in [3.05, 3.63) is 42.9 Å². The van der Waals surface area contributed by atoms with Gasteiger partial charge < -0.3 is 15.2 Å². The van der Waals surface area contributed by atoms with Gasteiger partial charge in [-0.1, -0.05) is 19.3 Å². The first-order valence-corrected chi connectivity index (χ1v) is 10.1. The van der Waals surface area contributed by atoms with Crippen LogP contribution in [0.5, 0.6) is 0 Å². The lowest BCUT2D eigenvalue weighted by Crippen LogP contribution is -2.43. The van der Waals surface area contributed by atoms with Crippen LogP contribution < -0.4 is 10.6 Å². The first kappa shape index (κ1) is 18.4. The molecule has 0 radical (unpaired) electrons. The minimum Gasteiger partial charge on any atom is -0.338 e. The highest BCUT2D eigenvalue weighted by Gasteiger charge is 2.16. The van der Waals surface area contributed by atoms with Crippen LogP contribution in [0, 0.1) is 0 Å². The quantitative estimate of drug-likeness (QED) is 0.643. The number of hydrogen-bond acceptors (Lipinski definition) is 4. The van der Waals surface area contributed by atoms with Crippen molar-refractivity contribution in [2.24, 2.45) is 0 Å². The molecule has 7 heteroatoms. The Labute approximate surface area is 164 Å². The van der Waals surface area contributed by atoms with E-state index in [9.17, 15) is 4.79 Å². The summed E-state index contributed by atoms with van der Waals surface area (Å²) in [5.41, 5.74) is 2.74. The maximum Gasteiger partial charge on any atom is 0.315 e. The van der Waals surface area contributed by atoms with Crippen LogP contribution in [0.1, 0.15) is 38.5 Å². The van der Waals surface area contributed by atoms with Gasteiger partial charge in [-0.25, -0.2) is 14.8 Å². The van der Waals surface area contributed by atoms with E-state index in [1.54, 1.807) is 18.6 Å². The van der Waals surface area contributed by atoms with Gasteiger partial charge >= 0.3 is 6.03 Å². The van der Waals surface area contributed by atoms with Gasteiger partial charge in [-0.2, -0.15) is 0 Å². The van der Waals surface area contributed by atoms with Gasteiger partial charge in [0, 0.05) is 43.3 Å². The van der Waals surface area contributed by atoms with E-state index >= 15 is 0 Å². The van der Waals surface area contributed by atoms with Gasteiger partial charge in [-0.15, -0.1) is 0 Å². The van der Waals surface area contributed by atoms with Crippen LogP contribution in [-0.4, -0.2) is 38.1 Å². The number of urea groups is 1. The smallest absolute Gasteiger partial charge is 0.315 e. The van der Waals surface area contributed by atoms with Gasteiger partial charge in [0.25, 0.3) is 0 Å². The molecule has 3 heterocycles. The maximum absolute atomic E-state index is 12.1. The van der Waals surface area contributed by atoms with Gasteiger partial charge in [-0.3, -0.25) is 4.98 Å². The zero-order valence-corrected chi connectivity index (χ0v) is 16.0. The lowest BCUT2D eigenvalue weighted by atomic mass is 9.96. The van der Waals surface area contributed by atoms with Crippen LogP contribution in [0.3, 0.4) is 0 Å². The number of imidazole rings is 1. The number of hydrogen-bond donors (Lipinski definition) is 2. The molecule has 0 bridgehead atoms. The Hall–Kier alpha value is -2.96. The molecule has 0 spiro atoms. The highest BCUT2D eigenvalue weighted by Crippen LogP contribution is 2.23. The van der Waals surface area contributed by atoms with E-state index in [1.807, 2.05) is 24.3 Å². The van der Waals surface area contributed by atoms with E-state index in [1.165, 1.54) is 19.3 Å². The number of aromatic nitrogens is 4. The fourth-order valence-corrected chi connectivity index (χ4v) is 3.81. The van der Waals surface area contributed by atoms with E-state index in [0.29, 0.717) is 12.6 Å². The van der Waals surface area contributed by atoms with Crippen molar-refractivity contribution in [2.45, 2.75) is 51.1 Å². The van der Waals surface area contributed by atoms with Crippen molar-refractivity contribution in [3.63, 3.8) is 0 Å². The molecule has 3 aromatic heterocycles. The Balaban J connectivity index is 1.38. The summed E-state index contributed by atoms with van der Waals surface area (Å²) in [6.07, 6.45) is 12.0. The number of carbonyl (C=O) groups excluding carboxylic acids is 1. The summed E-state index contributed by atoms with van der Waals surface area (Å²) in [4.78, 5) is 25.5. The molecule has 1 fully saturated rings. The van der Waals surface area contributed by atoms with Crippen LogP contribution in [0.25, 0.3) is 22.6 Å². The Kier molecular flexibility index (Phi) is 5.80. The van der Waals surface area contributed by atoms with Crippen LogP contribution >= 0.6 is 0 Å². The van der Waals surface area contributed by atoms with E-state index in [0.717, 1.165) is 48.4 Å². The third-order valence-electron chi connectivity index (χ3n) is 5.23. The molecule has 0 aromatic carbocycles. The summed E-state index contributed by atoms with van der Waals surface area (Å²) in [6, 6.07) is 8.04. The Morgan fingerprint density at radius 3 is 2.75 bits per heavy atom. The van der Waals surface area contributed by atoms with E-state index < -0.39 is 0 Å². The molecule has 2 N–H and O–H groups in total. The summed E-state index contributed by atoms with van der Waals surface area (Å²) < 4.78 is 2.12. The molecule has 0 saturated heterocycles. The van der Waals surface area contributed by atoms with E-state index in [-0.39, 0.29) is 6.03 Å². The molecule has 146 valence electrons. The molecule has 1 aliphatic carbocycles. The molecule has 28 heavy (non-hydrogen) atoms. The number of fused-ring (bicyclic) bond motifs is 1. The van der Waals surface area contributed by atoms with Gasteiger partial charge in [-0.05, 0) is 43.5 Å². The molecule has 4 rings (SSSR count). The molecule has 7 nitrogen and oxygen atoms in total. The molecule has 3 aromatic rings. The lowest BCUT2D eigenvalue weighted by molar-refractivity contribution is 0.232. The molecule has 2 amide bonds. The highest BCUT2D eigenvalue weighted by atomic mass is 16.2. The molecular weight excluding hydrogens is 352 g/mol. The average molecular weight is 378 g/mol. The molecule has 1 aliphatic rings. The minimum absolute atomic E-state index is 0.0603. The average Bonchev–Trinajstić information content (AvgIpc) is 3.11. The Morgan fingerprint density at radius 2 is 1.93 bits per heavy atom. The van der Waals surface area contributed by atoms with Crippen molar-refractivity contribution in [1.82, 2.24) is 30.2 Å². The van der Waals surface area contributed by atoms with Crippen LogP contribution in [0.4, 0.5) is 4.79 Å². The summed E-state index contributed by atoms with van der Waals surface area (Å²) >= 11 is 0. The van der Waals surface area contributed by atoms with Crippen LogP contribution in [-0.2, 0) is 6.54 Å². The number of nitrogens with zero attached hydrogens (tertiary/aromatic N) is 4. The number of rotatable bonds is 6. The van der Waals surface area contributed by atoms with Gasteiger partial charge in [0.15, 0.2) is 5.65 Å². The molecule has 0 aliphatic heterocycles. The lowest BCUT2D eigenvalue weighted by Gasteiger charge is -2.22. The second-order valence-corrected chi connectivity index (χ2v) is 7.26. The first-order chi connectivity index (χ1) is 13.8. The van der Waals surface area contributed by atoms with Crippen molar-refractivity contribution in [1.29, 1.82) is 0 Å². The summed E-state index contributed by atoms with van der Waals surface area (Å²) in [6.45, 7) is 1.34. The van der Waals surface area contributed by atoms with Crippen molar-refractivity contribution >= 4 is 17.2 Å². The fraction of sp³-hybridized carbons (Fsp3) is 0.429. The van der Waals surface area contributed by atoms with E-state index in [4.69, 9.17) is 4.98 Å². The van der Waals surface area contributed by atoms with Gasteiger partial charge in [0.2, 0.25) is 0 Å². The van der Waals surface area contributed by atoms with Crippen LogP contribution in [0.2, 0.25) is 0 Å². The van der Waals surface area contributed by atoms with Gasteiger partial charge in [0.05, 0.1) is 0 Å². The fourth-order valence-electron chi connectivity index (χ4n) is 3.81. The predicted molar refractivity (Wildman–Crippen MR) is 109 cm³/mol. The molecule has 0 atom stereocenters. The largest absolute Gasteiger partial charge is 0.338 e. The van der Waals surface area contributed by atoms with E-state index in [2.05, 4.69) is 25.2 Å². The third-order valence-corrected chi connectivity index (χ3v) is 5.23. The summed E-state index contributed by atoms with van der Waals surface area (Å²) in [7, 11) is 0. The summed E-state index contributed by atoms with van der Waals surface area (Å²) in [5, 5.41) is 6.08. The molecule has 1 saturated carbocycles. The van der Waals surface area contributed by atoms with Crippen LogP contribution in [0.15, 0.2) is 42.9 Å². The van der Waals surface area contributed by atoms with Gasteiger partial charge in [0.1, 0.15) is 11.3 Å². The Morgan fingerprint density at radius 1 is 1.11 bits per heavy atom. The predicted octanol–water partition coefficient (Wildman–Crippen LogP) is 3.52. The first-order valence-electron chi connectivity index (χ1n) is 10.1. The van der Waals surface area contributed by atoms with Crippen molar-refractivity contribution in [2.75, 3.05) is 6.54 Å². The molecular formula is C21H26N6O. The zero-order valence-electron chi connectivity index (χ0n) is 16.0. The number of nitrogens with one attached hydrogen (secondary N) is 2. The Bertz CT molecular complexity index is 917. The normalized spacial score (nSPS) is 14.9. The SMILES string of the molecule is O=C(NCCCn1c(-c2ccncc2)nc2cccnc21)NC1CCCCC1. The number of carbonyl (C=O) groups is 1. The maximum atomic E-state index is 12.1. The minimum atomic E-state index is -0.0603. The molecule has 0 unspecified atom stereocenters. The summed E-state index contributed by atoms with van der Waals surface area (Å²) in [5.74, 6) is 0.878. The van der Waals surface area contributed by atoms with Crippen molar-refractivity contribution in [3.8, 4) is 11.4 Å². The monoisotopic (exact) mass is 378 g/mol. The third kappa shape index (κ3) is 4.30. The zero-order chi connectivity index (χ0) is 19.2. The second kappa shape index (κ2) is 8.82. The highest BCUT2D eigenvalue weighted by molar-refractivity contribution is 5.77. The number of amides is 2. The van der Waals surface area contributed by atoms with Crippen molar-refractivity contribution < 1.29 is 4.79 Å². The second-order valence-electron chi connectivity index (χ2n) is 7.26. The number of pyridine rings is 2. The topological polar surface area (TPSA) is 84.7 Å².